The van der Waals surface area contributed by atoms with Crippen LogP contribution in [-0.2, 0) is 12.0 Å². The molecule has 21 heavy (non-hydrogen) atoms. The van der Waals surface area contributed by atoms with Crippen molar-refractivity contribution < 1.29 is 9.90 Å². The third-order valence-electron chi connectivity index (χ3n) is 4.20. The molecule has 2 N–H and O–H groups in total. The number of amides is 1. The van der Waals surface area contributed by atoms with Crippen molar-refractivity contribution in [1.82, 2.24) is 5.32 Å². The highest BCUT2D eigenvalue weighted by molar-refractivity contribution is 7.08. The van der Waals surface area contributed by atoms with Crippen molar-refractivity contribution in [2.24, 2.45) is 0 Å². The standard InChI is InChI=1S/C17H19NO2S/c1-12-9-21-10-14(12)16(19)18-11-17(20)8-4-6-13-5-2-3-7-15(13)17/h2-3,5,7,9-10,20H,4,6,8,11H2,1H3,(H,18,19). The lowest BCUT2D eigenvalue weighted by molar-refractivity contribution is 0.0189. The van der Waals surface area contributed by atoms with Crippen molar-refractivity contribution in [1.29, 1.82) is 0 Å². The number of benzene rings is 1. The Balaban J connectivity index is 1.76. The van der Waals surface area contributed by atoms with Crippen molar-refractivity contribution >= 4 is 17.2 Å². The Morgan fingerprint density at radius 3 is 2.95 bits per heavy atom. The summed E-state index contributed by atoms with van der Waals surface area (Å²) in [5.41, 5.74) is 2.88. The number of aryl methyl sites for hydroxylation is 2. The SMILES string of the molecule is Cc1cscc1C(=O)NCC1(O)CCCc2ccccc21. The summed E-state index contributed by atoms with van der Waals surface area (Å²) in [6.07, 6.45) is 2.63. The second-order valence-electron chi connectivity index (χ2n) is 5.69. The molecular formula is C17H19NO2S. The van der Waals surface area contributed by atoms with Crippen LogP contribution in [0.1, 0.15) is 39.9 Å². The Bertz CT molecular complexity index is 664. The first-order valence-corrected chi connectivity index (χ1v) is 8.16. The Kier molecular flexibility index (Phi) is 3.83. The van der Waals surface area contributed by atoms with Crippen LogP contribution in [0.2, 0.25) is 0 Å². The molecule has 1 aromatic heterocycles. The number of fused-ring (bicyclic) bond motifs is 1. The van der Waals surface area contributed by atoms with Crippen LogP contribution in [0, 0.1) is 6.92 Å². The van der Waals surface area contributed by atoms with Gasteiger partial charge in [-0.3, -0.25) is 4.79 Å². The van der Waals surface area contributed by atoms with E-state index in [0.717, 1.165) is 24.0 Å². The fourth-order valence-electron chi connectivity index (χ4n) is 3.00. The minimum Gasteiger partial charge on any atom is -0.383 e. The van der Waals surface area contributed by atoms with E-state index in [-0.39, 0.29) is 12.5 Å². The maximum Gasteiger partial charge on any atom is 0.252 e. The largest absolute Gasteiger partial charge is 0.383 e. The van der Waals surface area contributed by atoms with E-state index in [0.29, 0.717) is 12.0 Å². The molecule has 1 unspecified atom stereocenters. The molecule has 0 fully saturated rings. The lowest BCUT2D eigenvalue weighted by atomic mass is 9.79. The van der Waals surface area contributed by atoms with E-state index in [1.54, 1.807) is 0 Å². The van der Waals surface area contributed by atoms with Gasteiger partial charge in [-0.2, -0.15) is 11.3 Å². The minimum absolute atomic E-state index is 0.106. The number of rotatable bonds is 3. The molecule has 0 radical (unpaired) electrons. The van der Waals surface area contributed by atoms with Gasteiger partial charge in [0.2, 0.25) is 0 Å². The minimum atomic E-state index is -0.950. The zero-order valence-electron chi connectivity index (χ0n) is 12.1. The second kappa shape index (κ2) is 5.62. The quantitative estimate of drug-likeness (QED) is 0.915. The van der Waals surface area contributed by atoms with Crippen LogP contribution in [0.25, 0.3) is 0 Å². The predicted octanol–water partition coefficient (Wildman–Crippen LogP) is 3.01. The first kappa shape index (κ1) is 14.3. The van der Waals surface area contributed by atoms with E-state index in [4.69, 9.17) is 0 Å². The van der Waals surface area contributed by atoms with Crippen LogP contribution in [0.4, 0.5) is 0 Å². The smallest absolute Gasteiger partial charge is 0.252 e. The maximum absolute atomic E-state index is 12.2. The van der Waals surface area contributed by atoms with Crippen LogP contribution >= 0.6 is 11.3 Å². The lowest BCUT2D eigenvalue weighted by Gasteiger charge is -2.34. The average molecular weight is 301 g/mol. The molecule has 4 heteroatoms. The summed E-state index contributed by atoms with van der Waals surface area (Å²) in [4.78, 5) is 12.2. The molecule has 0 saturated heterocycles. The lowest BCUT2D eigenvalue weighted by Crippen LogP contribution is -2.43. The molecular weight excluding hydrogens is 282 g/mol. The molecule has 0 spiro atoms. The fraction of sp³-hybridized carbons (Fsp3) is 0.353. The van der Waals surface area contributed by atoms with Crippen molar-refractivity contribution in [3.05, 3.63) is 57.3 Å². The third-order valence-corrected chi connectivity index (χ3v) is 5.06. The van der Waals surface area contributed by atoms with Gasteiger partial charge in [-0.25, -0.2) is 0 Å². The summed E-state index contributed by atoms with van der Waals surface area (Å²) in [5.74, 6) is -0.106. The number of aliphatic hydroxyl groups is 1. The first-order valence-electron chi connectivity index (χ1n) is 7.22. The molecule has 1 atom stereocenters. The fourth-order valence-corrected chi connectivity index (χ4v) is 3.82. The molecule has 3 rings (SSSR count). The van der Waals surface area contributed by atoms with Crippen molar-refractivity contribution in [3.8, 4) is 0 Å². The Morgan fingerprint density at radius 1 is 1.38 bits per heavy atom. The van der Waals surface area contributed by atoms with Gasteiger partial charge in [-0.15, -0.1) is 0 Å². The van der Waals surface area contributed by atoms with E-state index in [9.17, 15) is 9.90 Å². The van der Waals surface area contributed by atoms with Crippen LogP contribution in [0.5, 0.6) is 0 Å². The van der Waals surface area contributed by atoms with Crippen LogP contribution in [-0.4, -0.2) is 17.6 Å². The molecule has 0 bridgehead atoms. The Hall–Kier alpha value is -1.65. The summed E-state index contributed by atoms with van der Waals surface area (Å²) in [6, 6.07) is 7.97. The monoisotopic (exact) mass is 301 g/mol. The molecule has 2 aromatic rings. The van der Waals surface area contributed by atoms with E-state index >= 15 is 0 Å². The van der Waals surface area contributed by atoms with Gasteiger partial charge in [0, 0.05) is 5.38 Å². The summed E-state index contributed by atoms with van der Waals surface area (Å²) in [5, 5.41) is 17.6. The summed E-state index contributed by atoms with van der Waals surface area (Å²) in [6.45, 7) is 2.19. The van der Waals surface area contributed by atoms with Gasteiger partial charge < -0.3 is 10.4 Å². The van der Waals surface area contributed by atoms with E-state index in [2.05, 4.69) is 11.4 Å². The van der Waals surface area contributed by atoms with Gasteiger partial charge in [0.15, 0.2) is 0 Å². The first-order chi connectivity index (χ1) is 10.1. The van der Waals surface area contributed by atoms with Gasteiger partial charge in [0.25, 0.3) is 5.91 Å². The summed E-state index contributed by atoms with van der Waals surface area (Å²) >= 11 is 1.52. The normalized spacial score (nSPS) is 20.9. The molecule has 1 heterocycles. The molecule has 0 aliphatic heterocycles. The summed E-state index contributed by atoms with van der Waals surface area (Å²) in [7, 11) is 0. The van der Waals surface area contributed by atoms with E-state index in [1.165, 1.54) is 16.9 Å². The number of nitrogens with one attached hydrogen (secondary N) is 1. The second-order valence-corrected chi connectivity index (χ2v) is 6.44. The topological polar surface area (TPSA) is 49.3 Å². The highest BCUT2D eigenvalue weighted by Gasteiger charge is 2.34. The van der Waals surface area contributed by atoms with Gasteiger partial charge in [-0.05, 0) is 48.3 Å². The molecule has 0 saturated carbocycles. The van der Waals surface area contributed by atoms with Gasteiger partial charge in [0.1, 0.15) is 5.60 Å². The molecule has 3 nitrogen and oxygen atoms in total. The zero-order chi connectivity index (χ0) is 14.9. The number of hydrogen-bond donors (Lipinski definition) is 2. The van der Waals surface area contributed by atoms with Crippen molar-refractivity contribution in [3.63, 3.8) is 0 Å². The molecule has 1 aromatic carbocycles. The zero-order valence-corrected chi connectivity index (χ0v) is 12.9. The van der Waals surface area contributed by atoms with Crippen molar-refractivity contribution in [2.45, 2.75) is 31.8 Å². The average Bonchev–Trinajstić information content (AvgIpc) is 2.92. The number of thiophene rings is 1. The van der Waals surface area contributed by atoms with Gasteiger partial charge >= 0.3 is 0 Å². The Labute approximate surface area is 128 Å². The molecule has 1 amide bonds. The molecule has 110 valence electrons. The molecule has 1 aliphatic rings. The van der Waals surface area contributed by atoms with Crippen LogP contribution < -0.4 is 5.32 Å². The van der Waals surface area contributed by atoms with Gasteiger partial charge in [-0.1, -0.05) is 24.3 Å². The number of hydrogen-bond acceptors (Lipinski definition) is 3. The maximum atomic E-state index is 12.2. The van der Waals surface area contributed by atoms with Crippen LogP contribution in [0.3, 0.4) is 0 Å². The van der Waals surface area contributed by atoms with Crippen LogP contribution in [0.15, 0.2) is 35.0 Å². The van der Waals surface area contributed by atoms with E-state index in [1.807, 2.05) is 35.9 Å². The van der Waals surface area contributed by atoms with E-state index < -0.39 is 5.60 Å². The molecule has 1 aliphatic carbocycles. The van der Waals surface area contributed by atoms with Crippen molar-refractivity contribution in [2.75, 3.05) is 6.54 Å². The number of carbonyl (C=O) groups excluding carboxylic acids is 1. The highest BCUT2D eigenvalue weighted by atomic mass is 32.1. The van der Waals surface area contributed by atoms with Gasteiger partial charge in [0.05, 0.1) is 12.1 Å². The Morgan fingerprint density at radius 2 is 2.19 bits per heavy atom. The summed E-state index contributed by atoms with van der Waals surface area (Å²) < 4.78 is 0. The third kappa shape index (κ3) is 2.74. The predicted molar refractivity (Wildman–Crippen MR) is 84.7 cm³/mol. The number of carbonyl (C=O) groups is 1. The highest BCUT2D eigenvalue weighted by Crippen LogP contribution is 2.34.